The summed E-state index contributed by atoms with van der Waals surface area (Å²) in [5.74, 6) is 0.771. The van der Waals surface area contributed by atoms with Crippen molar-refractivity contribution in [2.75, 3.05) is 0 Å². The maximum Gasteiger partial charge on any atom is 0.235 e. The second-order valence-corrected chi connectivity index (χ2v) is 6.85. The van der Waals surface area contributed by atoms with Crippen LogP contribution in [0.5, 0.6) is 0 Å². The largest absolute Gasteiger partial charge is 0.265 e. The predicted molar refractivity (Wildman–Crippen MR) is 95.0 cm³/mol. The van der Waals surface area contributed by atoms with Crippen molar-refractivity contribution in [1.29, 1.82) is 0 Å². The Morgan fingerprint density at radius 3 is 2.79 bits per heavy atom. The van der Waals surface area contributed by atoms with Crippen molar-refractivity contribution in [3.8, 4) is 22.1 Å². The Kier molecular flexibility index (Phi) is 3.65. The molecule has 6 nitrogen and oxygen atoms in total. The highest BCUT2D eigenvalue weighted by molar-refractivity contribution is 7.19. The van der Waals surface area contributed by atoms with E-state index >= 15 is 0 Å². The first kappa shape index (κ1) is 15.0. The molecule has 3 heterocycles. The second-order valence-electron chi connectivity index (χ2n) is 5.89. The number of hydrogen-bond donors (Lipinski definition) is 0. The van der Waals surface area contributed by atoms with Gasteiger partial charge in [0, 0.05) is 12.6 Å². The molecule has 0 amide bonds. The fourth-order valence-corrected chi connectivity index (χ4v) is 3.68. The summed E-state index contributed by atoms with van der Waals surface area (Å²) in [6, 6.07) is 10.3. The first-order valence-electron chi connectivity index (χ1n) is 7.98. The molecule has 4 aromatic rings. The number of aromatic nitrogens is 6. The summed E-state index contributed by atoms with van der Waals surface area (Å²) in [5.41, 5.74) is 4.33. The molecule has 0 spiro atoms. The minimum atomic E-state index is 0.771. The van der Waals surface area contributed by atoms with Crippen molar-refractivity contribution in [2.24, 2.45) is 7.05 Å². The zero-order chi connectivity index (χ0) is 16.7. The standard InChI is InChI=1S/C17H18N6S/c1-4-6-13-10-14(22(3)20-13)16-21-23-15(18-19-17(23)24-16)12-8-5-7-11(2)9-12/h5,7-10H,4,6H2,1-3H3. The van der Waals surface area contributed by atoms with Gasteiger partial charge in [0.05, 0.1) is 11.4 Å². The number of fused-ring (bicyclic) bond motifs is 1. The third-order valence-corrected chi connectivity index (χ3v) is 4.84. The molecule has 0 N–H and O–H groups in total. The summed E-state index contributed by atoms with van der Waals surface area (Å²) >= 11 is 1.53. The molecule has 7 heteroatoms. The van der Waals surface area contributed by atoms with Crippen LogP contribution in [0.4, 0.5) is 0 Å². The molecule has 0 radical (unpaired) electrons. The third-order valence-electron chi connectivity index (χ3n) is 3.92. The molecule has 3 aromatic heterocycles. The SMILES string of the molecule is CCCc1cc(-c2nn3c(-c4cccc(C)c4)nnc3s2)n(C)n1. The maximum absolute atomic E-state index is 4.73. The van der Waals surface area contributed by atoms with Crippen molar-refractivity contribution in [1.82, 2.24) is 29.6 Å². The van der Waals surface area contributed by atoms with Gasteiger partial charge in [0.25, 0.3) is 0 Å². The van der Waals surface area contributed by atoms with Crippen molar-refractivity contribution in [3.63, 3.8) is 0 Å². The van der Waals surface area contributed by atoms with Gasteiger partial charge in [0.2, 0.25) is 4.96 Å². The molecule has 0 unspecified atom stereocenters. The van der Waals surface area contributed by atoms with Crippen molar-refractivity contribution in [2.45, 2.75) is 26.7 Å². The molecule has 0 saturated heterocycles. The molecule has 1 aromatic carbocycles. The lowest BCUT2D eigenvalue weighted by Crippen LogP contribution is -1.96. The summed E-state index contributed by atoms with van der Waals surface area (Å²) in [7, 11) is 1.96. The van der Waals surface area contributed by atoms with Gasteiger partial charge in [-0.1, -0.05) is 48.4 Å². The van der Waals surface area contributed by atoms with Crippen LogP contribution in [0.15, 0.2) is 30.3 Å². The molecule has 0 atom stereocenters. The number of hydrogen-bond acceptors (Lipinski definition) is 5. The highest BCUT2D eigenvalue weighted by atomic mass is 32.1. The Bertz CT molecular complexity index is 1010. The van der Waals surface area contributed by atoms with Crippen molar-refractivity contribution >= 4 is 16.3 Å². The monoisotopic (exact) mass is 338 g/mol. The van der Waals surface area contributed by atoms with Crippen LogP contribution < -0.4 is 0 Å². The molecule has 122 valence electrons. The zero-order valence-electron chi connectivity index (χ0n) is 13.9. The van der Waals surface area contributed by atoms with E-state index in [0.717, 1.165) is 45.6 Å². The second kappa shape index (κ2) is 5.83. The van der Waals surface area contributed by atoms with Crippen LogP contribution in [0.2, 0.25) is 0 Å². The molecule has 0 aliphatic heterocycles. The van der Waals surface area contributed by atoms with Crippen molar-refractivity contribution in [3.05, 3.63) is 41.6 Å². The fraction of sp³-hybridized carbons (Fsp3) is 0.294. The first-order chi connectivity index (χ1) is 11.7. The van der Waals surface area contributed by atoms with Crippen LogP contribution in [0.25, 0.3) is 27.1 Å². The first-order valence-corrected chi connectivity index (χ1v) is 8.80. The zero-order valence-corrected chi connectivity index (χ0v) is 14.7. The molecular weight excluding hydrogens is 320 g/mol. The Morgan fingerprint density at radius 2 is 2.00 bits per heavy atom. The molecule has 4 rings (SSSR count). The van der Waals surface area contributed by atoms with Gasteiger partial charge in [0.15, 0.2) is 10.8 Å². The lowest BCUT2D eigenvalue weighted by atomic mass is 10.1. The van der Waals surface area contributed by atoms with E-state index in [9.17, 15) is 0 Å². The smallest absolute Gasteiger partial charge is 0.235 e. The Hall–Kier alpha value is -2.54. The number of rotatable bonds is 4. The predicted octanol–water partition coefficient (Wildman–Crippen LogP) is 3.51. The maximum atomic E-state index is 4.73. The van der Waals surface area contributed by atoms with Gasteiger partial charge in [-0.25, -0.2) is 0 Å². The van der Waals surface area contributed by atoms with E-state index in [-0.39, 0.29) is 0 Å². The minimum Gasteiger partial charge on any atom is -0.265 e. The minimum absolute atomic E-state index is 0.771. The Morgan fingerprint density at radius 1 is 1.12 bits per heavy atom. The van der Waals surface area contributed by atoms with E-state index in [1.807, 2.05) is 28.4 Å². The van der Waals surface area contributed by atoms with E-state index < -0.39 is 0 Å². The lowest BCUT2D eigenvalue weighted by Gasteiger charge is -1.98. The average molecular weight is 338 g/mol. The summed E-state index contributed by atoms with van der Waals surface area (Å²) < 4.78 is 3.71. The molecule has 0 aliphatic rings. The number of benzene rings is 1. The normalized spacial score (nSPS) is 11.5. The highest BCUT2D eigenvalue weighted by Crippen LogP contribution is 2.28. The van der Waals surface area contributed by atoms with Crippen LogP contribution in [-0.2, 0) is 13.5 Å². The van der Waals surface area contributed by atoms with Gasteiger partial charge < -0.3 is 0 Å². The molecule has 24 heavy (non-hydrogen) atoms. The van der Waals surface area contributed by atoms with Crippen LogP contribution >= 0.6 is 11.3 Å². The van der Waals surface area contributed by atoms with E-state index in [1.54, 1.807) is 0 Å². The number of aryl methyl sites for hydroxylation is 3. The molecular formula is C17H18N6S. The summed E-state index contributed by atoms with van der Waals surface area (Å²) in [4.78, 5) is 0.791. The highest BCUT2D eigenvalue weighted by Gasteiger charge is 2.17. The van der Waals surface area contributed by atoms with Gasteiger partial charge in [-0.05, 0) is 25.5 Å². The lowest BCUT2D eigenvalue weighted by molar-refractivity contribution is 0.737. The van der Waals surface area contributed by atoms with Gasteiger partial charge in [-0.15, -0.1) is 10.2 Å². The quantitative estimate of drug-likeness (QED) is 0.571. The van der Waals surface area contributed by atoms with E-state index in [0.29, 0.717) is 0 Å². The van der Waals surface area contributed by atoms with Crippen LogP contribution in [0, 0.1) is 6.92 Å². The van der Waals surface area contributed by atoms with Gasteiger partial charge in [0.1, 0.15) is 0 Å². The van der Waals surface area contributed by atoms with Crippen LogP contribution in [-0.4, -0.2) is 29.6 Å². The van der Waals surface area contributed by atoms with Crippen LogP contribution in [0.1, 0.15) is 24.6 Å². The Labute approximate surface area is 143 Å². The summed E-state index contributed by atoms with van der Waals surface area (Å²) in [6.07, 6.45) is 2.06. The average Bonchev–Trinajstić information content (AvgIpc) is 3.21. The van der Waals surface area contributed by atoms with Gasteiger partial charge in [-0.3, -0.25) is 4.68 Å². The molecule has 0 saturated carbocycles. The summed E-state index contributed by atoms with van der Waals surface area (Å²) in [5, 5.41) is 18.8. The van der Waals surface area contributed by atoms with Gasteiger partial charge in [-0.2, -0.15) is 14.7 Å². The topological polar surface area (TPSA) is 60.9 Å². The fourth-order valence-electron chi connectivity index (χ4n) is 2.79. The van der Waals surface area contributed by atoms with E-state index in [1.165, 1.54) is 16.9 Å². The third kappa shape index (κ3) is 2.50. The van der Waals surface area contributed by atoms with Gasteiger partial charge >= 0.3 is 0 Å². The Balaban J connectivity index is 1.80. The number of nitrogens with zero attached hydrogens (tertiary/aromatic N) is 6. The molecule has 0 fully saturated rings. The van der Waals surface area contributed by atoms with Crippen molar-refractivity contribution < 1.29 is 0 Å². The molecule has 0 aliphatic carbocycles. The van der Waals surface area contributed by atoms with E-state index in [4.69, 9.17) is 5.10 Å². The van der Waals surface area contributed by atoms with Crippen LogP contribution in [0.3, 0.4) is 0 Å². The van der Waals surface area contributed by atoms with E-state index in [2.05, 4.69) is 47.3 Å². The summed E-state index contributed by atoms with van der Waals surface area (Å²) in [6.45, 7) is 4.23. The molecule has 0 bridgehead atoms.